The lowest BCUT2D eigenvalue weighted by Gasteiger charge is -2.01. The molecule has 0 bridgehead atoms. The Labute approximate surface area is 217 Å². The SMILES string of the molecule is CCCCc1ccc(-c2csc(-n3[nH]c(-c4ccccc4)c(N=Nc4ccc(Cl)cc4)c3=O)n2)cc1. The molecule has 180 valence electrons. The van der Waals surface area contributed by atoms with Gasteiger partial charge in [-0.1, -0.05) is 79.5 Å². The molecule has 0 aliphatic rings. The van der Waals surface area contributed by atoms with Crippen LogP contribution in [0.3, 0.4) is 0 Å². The molecule has 3 aromatic carbocycles. The van der Waals surface area contributed by atoms with Gasteiger partial charge in [-0.05, 0) is 42.7 Å². The number of aromatic nitrogens is 3. The summed E-state index contributed by atoms with van der Waals surface area (Å²) in [6.07, 6.45) is 3.43. The molecule has 0 spiro atoms. The van der Waals surface area contributed by atoms with E-state index in [0.29, 0.717) is 21.5 Å². The first-order chi connectivity index (χ1) is 17.6. The van der Waals surface area contributed by atoms with Gasteiger partial charge in [-0.15, -0.1) is 16.5 Å². The van der Waals surface area contributed by atoms with Gasteiger partial charge in [0.05, 0.1) is 17.1 Å². The van der Waals surface area contributed by atoms with E-state index in [1.807, 2.05) is 35.7 Å². The van der Waals surface area contributed by atoms with E-state index in [1.54, 1.807) is 24.3 Å². The zero-order chi connectivity index (χ0) is 24.9. The number of benzene rings is 3. The van der Waals surface area contributed by atoms with E-state index < -0.39 is 0 Å². The van der Waals surface area contributed by atoms with Gasteiger partial charge in [0, 0.05) is 21.5 Å². The van der Waals surface area contributed by atoms with Crippen LogP contribution in [0.25, 0.3) is 27.6 Å². The fraction of sp³-hybridized carbons (Fsp3) is 0.143. The van der Waals surface area contributed by atoms with E-state index >= 15 is 0 Å². The van der Waals surface area contributed by atoms with Crippen LogP contribution >= 0.6 is 22.9 Å². The van der Waals surface area contributed by atoms with Crippen molar-refractivity contribution in [2.24, 2.45) is 10.2 Å². The maximum atomic E-state index is 13.5. The van der Waals surface area contributed by atoms with Crippen LogP contribution in [0.1, 0.15) is 25.3 Å². The average molecular weight is 514 g/mol. The van der Waals surface area contributed by atoms with Crippen molar-refractivity contribution in [3.8, 4) is 27.6 Å². The Morgan fingerprint density at radius 1 is 0.944 bits per heavy atom. The standard InChI is InChI=1S/C28H24ClN5OS/c1-2-3-7-19-10-12-20(13-11-19)24-18-36-28(30-24)34-27(35)26(25(33-34)21-8-5-4-6-9-21)32-31-23-16-14-22(29)15-17-23/h4-6,8-18,33H,2-3,7H2,1H3. The van der Waals surface area contributed by atoms with Crippen LogP contribution in [0.5, 0.6) is 0 Å². The van der Waals surface area contributed by atoms with Crippen molar-refractivity contribution in [2.45, 2.75) is 26.2 Å². The molecule has 0 atom stereocenters. The van der Waals surface area contributed by atoms with Gasteiger partial charge in [-0.25, -0.2) is 4.98 Å². The number of thiazole rings is 1. The summed E-state index contributed by atoms with van der Waals surface area (Å²) in [4.78, 5) is 18.2. The Hall–Kier alpha value is -3.81. The molecule has 8 heteroatoms. The lowest BCUT2D eigenvalue weighted by Crippen LogP contribution is -2.13. The van der Waals surface area contributed by atoms with Crippen LogP contribution in [0, 0.1) is 0 Å². The van der Waals surface area contributed by atoms with Crippen molar-refractivity contribution < 1.29 is 0 Å². The van der Waals surface area contributed by atoms with E-state index in [2.05, 4.69) is 46.5 Å². The monoisotopic (exact) mass is 513 g/mol. The van der Waals surface area contributed by atoms with Crippen LogP contribution in [0.15, 0.2) is 99.3 Å². The molecule has 5 aromatic rings. The number of aryl methyl sites for hydroxylation is 1. The Kier molecular flexibility index (Phi) is 7.21. The van der Waals surface area contributed by atoms with Gasteiger partial charge >= 0.3 is 5.56 Å². The molecule has 0 radical (unpaired) electrons. The number of H-pyrrole nitrogens is 1. The van der Waals surface area contributed by atoms with Crippen LogP contribution in [-0.4, -0.2) is 14.8 Å². The van der Waals surface area contributed by atoms with Gasteiger partial charge in [0.25, 0.3) is 0 Å². The number of azo groups is 1. The summed E-state index contributed by atoms with van der Waals surface area (Å²) >= 11 is 7.36. The average Bonchev–Trinajstić information content (AvgIpc) is 3.53. The molecule has 1 N–H and O–H groups in total. The van der Waals surface area contributed by atoms with Crippen molar-refractivity contribution in [3.05, 3.63) is 105 Å². The summed E-state index contributed by atoms with van der Waals surface area (Å²) in [6, 6.07) is 25.0. The minimum absolute atomic E-state index is 0.216. The summed E-state index contributed by atoms with van der Waals surface area (Å²) in [5.41, 5.74) is 5.07. The zero-order valence-corrected chi connectivity index (χ0v) is 21.3. The number of rotatable bonds is 8. The highest BCUT2D eigenvalue weighted by molar-refractivity contribution is 7.12. The topological polar surface area (TPSA) is 75.4 Å². The highest BCUT2D eigenvalue weighted by Crippen LogP contribution is 2.30. The lowest BCUT2D eigenvalue weighted by atomic mass is 10.1. The van der Waals surface area contributed by atoms with E-state index in [0.717, 1.165) is 23.2 Å². The first-order valence-electron chi connectivity index (χ1n) is 11.8. The minimum atomic E-state index is -0.317. The number of hydrogen-bond donors (Lipinski definition) is 1. The Balaban J connectivity index is 1.51. The normalized spacial score (nSPS) is 11.4. The maximum absolute atomic E-state index is 13.5. The maximum Gasteiger partial charge on any atom is 0.301 e. The molecule has 0 aliphatic heterocycles. The second kappa shape index (κ2) is 10.8. The molecule has 0 saturated carbocycles. The van der Waals surface area contributed by atoms with Crippen molar-refractivity contribution in [3.63, 3.8) is 0 Å². The van der Waals surface area contributed by atoms with Crippen molar-refractivity contribution in [1.82, 2.24) is 14.8 Å². The summed E-state index contributed by atoms with van der Waals surface area (Å²) in [5, 5.41) is 14.9. The van der Waals surface area contributed by atoms with E-state index in [-0.39, 0.29) is 11.2 Å². The highest BCUT2D eigenvalue weighted by atomic mass is 35.5. The Bertz CT molecular complexity index is 1530. The molecule has 0 aliphatic carbocycles. The number of nitrogens with one attached hydrogen (secondary N) is 1. The van der Waals surface area contributed by atoms with Crippen molar-refractivity contribution >= 4 is 34.3 Å². The second-order valence-electron chi connectivity index (χ2n) is 8.33. The first kappa shape index (κ1) is 23.9. The van der Waals surface area contributed by atoms with E-state index in [4.69, 9.17) is 16.6 Å². The largest absolute Gasteiger partial charge is 0.301 e. The molecule has 0 unspecified atom stereocenters. The molecule has 5 rings (SSSR count). The van der Waals surface area contributed by atoms with Gasteiger partial charge in [0.2, 0.25) is 5.13 Å². The smallest absolute Gasteiger partial charge is 0.286 e. The lowest BCUT2D eigenvalue weighted by molar-refractivity contribution is 0.795. The molecule has 2 heterocycles. The molecule has 0 fully saturated rings. The highest BCUT2D eigenvalue weighted by Gasteiger charge is 2.19. The fourth-order valence-corrected chi connectivity index (χ4v) is 4.72. The van der Waals surface area contributed by atoms with Gasteiger partial charge in [0.15, 0.2) is 5.69 Å². The summed E-state index contributed by atoms with van der Waals surface area (Å²) < 4.78 is 1.43. The molecule has 2 aromatic heterocycles. The molecule has 6 nitrogen and oxygen atoms in total. The predicted molar refractivity (Wildman–Crippen MR) is 147 cm³/mol. The molecular formula is C28H24ClN5OS. The van der Waals surface area contributed by atoms with Crippen molar-refractivity contribution in [2.75, 3.05) is 0 Å². The van der Waals surface area contributed by atoms with Crippen LogP contribution in [-0.2, 0) is 6.42 Å². The summed E-state index contributed by atoms with van der Waals surface area (Å²) in [7, 11) is 0. The third kappa shape index (κ3) is 5.22. The number of hydrogen-bond acceptors (Lipinski definition) is 5. The third-order valence-corrected chi connectivity index (χ3v) is 6.85. The third-order valence-electron chi connectivity index (χ3n) is 5.77. The van der Waals surface area contributed by atoms with Crippen LogP contribution in [0.2, 0.25) is 5.02 Å². The fourth-order valence-electron chi connectivity index (χ4n) is 3.80. The van der Waals surface area contributed by atoms with Crippen molar-refractivity contribution in [1.29, 1.82) is 0 Å². The van der Waals surface area contributed by atoms with E-state index in [9.17, 15) is 4.79 Å². The Morgan fingerprint density at radius 2 is 1.69 bits per heavy atom. The molecule has 0 saturated heterocycles. The first-order valence-corrected chi connectivity index (χ1v) is 13.0. The number of aromatic amines is 1. The van der Waals surface area contributed by atoms with Crippen LogP contribution in [0.4, 0.5) is 11.4 Å². The molecule has 0 amide bonds. The summed E-state index contributed by atoms with van der Waals surface area (Å²) in [6.45, 7) is 2.20. The van der Waals surface area contributed by atoms with Crippen LogP contribution < -0.4 is 5.56 Å². The summed E-state index contributed by atoms with van der Waals surface area (Å²) in [5.74, 6) is 0. The van der Waals surface area contributed by atoms with Gasteiger partial charge in [-0.2, -0.15) is 9.80 Å². The Morgan fingerprint density at radius 3 is 2.42 bits per heavy atom. The van der Waals surface area contributed by atoms with Gasteiger partial charge in [0.1, 0.15) is 0 Å². The van der Waals surface area contributed by atoms with Gasteiger partial charge < -0.3 is 0 Å². The van der Waals surface area contributed by atoms with Gasteiger partial charge in [-0.3, -0.25) is 9.89 Å². The number of unbranched alkanes of at least 4 members (excludes halogenated alkanes) is 1. The predicted octanol–water partition coefficient (Wildman–Crippen LogP) is 8.37. The molecular weight excluding hydrogens is 490 g/mol. The second-order valence-corrected chi connectivity index (χ2v) is 9.61. The minimum Gasteiger partial charge on any atom is -0.286 e. The zero-order valence-electron chi connectivity index (χ0n) is 19.7. The quantitative estimate of drug-likeness (QED) is 0.211. The number of halogens is 1. The number of nitrogens with zero attached hydrogens (tertiary/aromatic N) is 4. The van der Waals surface area contributed by atoms with E-state index in [1.165, 1.54) is 34.4 Å². The molecule has 36 heavy (non-hydrogen) atoms.